The summed E-state index contributed by atoms with van der Waals surface area (Å²) in [6, 6.07) is 0. The van der Waals surface area contributed by atoms with Crippen molar-refractivity contribution in [2.24, 2.45) is 10.2 Å². The van der Waals surface area contributed by atoms with E-state index in [1.54, 1.807) is 0 Å². The summed E-state index contributed by atoms with van der Waals surface area (Å²) in [6.45, 7) is 0. The van der Waals surface area contributed by atoms with Crippen LogP contribution in [0.2, 0.25) is 0 Å². The van der Waals surface area contributed by atoms with Crippen LogP contribution in [0.5, 0.6) is 0 Å². The van der Waals surface area contributed by atoms with Crippen molar-refractivity contribution < 1.29 is 19.1 Å². The largest absolute Gasteiger partial charge is 0.464 e. The summed E-state index contributed by atoms with van der Waals surface area (Å²) < 4.78 is 8.71. The molecule has 1 heterocycles. The molecule has 0 spiro atoms. The molecule has 0 radical (unpaired) electrons. The first-order chi connectivity index (χ1) is 6.69. The van der Waals surface area contributed by atoms with Gasteiger partial charge in [-0.3, -0.25) is 0 Å². The molecule has 0 aliphatic carbocycles. The summed E-state index contributed by atoms with van der Waals surface area (Å²) in [5.41, 5.74) is 2.15. The van der Waals surface area contributed by atoms with E-state index < -0.39 is 12.1 Å². The molecule has 0 aromatic carbocycles. The number of rotatable bonds is 1. The highest BCUT2D eigenvalue weighted by molar-refractivity contribution is 6.59. The van der Waals surface area contributed by atoms with E-state index in [1.165, 1.54) is 14.2 Å². The van der Waals surface area contributed by atoms with E-state index in [9.17, 15) is 9.59 Å². The highest BCUT2D eigenvalue weighted by Crippen LogP contribution is 1.94. The topological polar surface area (TPSA) is 92.6 Å². The number of nitrogens with zero attached hydrogens (tertiary/aromatic N) is 3. The minimum atomic E-state index is -0.742. The average molecular weight is 200 g/mol. The van der Waals surface area contributed by atoms with Crippen LogP contribution in [0.1, 0.15) is 0 Å². The summed E-state index contributed by atoms with van der Waals surface area (Å²) in [4.78, 5) is 21.7. The molecule has 1 rings (SSSR count). The SMILES string of the molecule is COC(=O)C1=NNN(C(=O)OC)N=C1. The monoisotopic (exact) mass is 200 g/mol. The lowest BCUT2D eigenvalue weighted by molar-refractivity contribution is -0.132. The van der Waals surface area contributed by atoms with E-state index >= 15 is 0 Å². The van der Waals surface area contributed by atoms with Crippen LogP contribution < -0.4 is 5.53 Å². The Balaban J connectivity index is 2.62. The fourth-order valence-electron chi connectivity index (χ4n) is 0.646. The molecule has 8 nitrogen and oxygen atoms in total. The third-order valence-electron chi connectivity index (χ3n) is 1.30. The number of nitrogens with one attached hydrogen (secondary N) is 1. The molecule has 0 saturated heterocycles. The minimum absolute atomic E-state index is 0.0346. The molecular weight excluding hydrogens is 192 g/mol. The van der Waals surface area contributed by atoms with Crippen molar-refractivity contribution in [3.63, 3.8) is 0 Å². The number of hydrogen-bond acceptors (Lipinski definition) is 7. The number of amides is 1. The Morgan fingerprint density at radius 2 is 2.14 bits per heavy atom. The molecule has 8 heteroatoms. The van der Waals surface area contributed by atoms with Gasteiger partial charge in [-0.25, -0.2) is 9.59 Å². The van der Waals surface area contributed by atoms with Gasteiger partial charge in [0.2, 0.25) is 0 Å². The maximum atomic E-state index is 10.9. The number of hydrazone groups is 2. The third-order valence-corrected chi connectivity index (χ3v) is 1.30. The zero-order chi connectivity index (χ0) is 10.6. The number of esters is 1. The number of hydrogen-bond donors (Lipinski definition) is 1. The maximum absolute atomic E-state index is 10.9. The van der Waals surface area contributed by atoms with Gasteiger partial charge in [-0.15, -0.1) is 5.10 Å². The molecule has 14 heavy (non-hydrogen) atoms. The van der Waals surface area contributed by atoms with Crippen LogP contribution >= 0.6 is 0 Å². The van der Waals surface area contributed by atoms with Crippen molar-refractivity contribution in [3.05, 3.63) is 0 Å². The number of hydrazine groups is 1. The maximum Gasteiger partial charge on any atom is 0.451 e. The lowest BCUT2D eigenvalue weighted by Gasteiger charge is -2.16. The quantitative estimate of drug-likeness (QED) is 0.553. The smallest absolute Gasteiger partial charge is 0.451 e. The molecule has 0 unspecified atom stereocenters. The predicted molar refractivity (Wildman–Crippen MR) is 45.3 cm³/mol. The van der Waals surface area contributed by atoms with Crippen molar-refractivity contribution in [1.29, 1.82) is 0 Å². The Morgan fingerprint density at radius 3 is 2.57 bits per heavy atom. The first kappa shape index (κ1) is 9.96. The molecular formula is C6H8N4O4. The fraction of sp³-hybridized carbons (Fsp3) is 0.333. The lowest BCUT2D eigenvalue weighted by Crippen LogP contribution is -2.40. The van der Waals surface area contributed by atoms with Gasteiger partial charge in [-0.05, 0) is 0 Å². The van der Waals surface area contributed by atoms with Crippen molar-refractivity contribution in [1.82, 2.24) is 10.7 Å². The van der Waals surface area contributed by atoms with Gasteiger partial charge in [0.25, 0.3) is 0 Å². The molecule has 0 atom stereocenters. The fourth-order valence-corrected chi connectivity index (χ4v) is 0.646. The molecule has 1 N–H and O–H groups in total. The van der Waals surface area contributed by atoms with Crippen molar-refractivity contribution in [3.8, 4) is 0 Å². The zero-order valence-electron chi connectivity index (χ0n) is 7.55. The van der Waals surface area contributed by atoms with Crippen molar-refractivity contribution in [2.45, 2.75) is 0 Å². The van der Waals surface area contributed by atoms with E-state index in [1.807, 2.05) is 0 Å². The molecule has 1 aliphatic heterocycles. The van der Waals surface area contributed by atoms with Gasteiger partial charge in [0, 0.05) is 0 Å². The van der Waals surface area contributed by atoms with E-state index in [0.717, 1.165) is 11.3 Å². The highest BCUT2D eigenvalue weighted by atomic mass is 16.6. The summed E-state index contributed by atoms with van der Waals surface area (Å²) >= 11 is 0. The van der Waals surface area contributed by atoms with E-state index in [2.05, 4.69) is 25.2 Å². The van der Waals surface area contributed by atoms with Gasteiger partial charge in [0.1, 0.15) is 0 Å². The molecule has 0 fully saturated rings. The van der Waals surface area contributed by atoms with Crippen LogP contribution in [-0.2, 0) is 14.3 Å². The molecule has 1 amide bonds. The number of ether oxygens (including phenoxy) is 2. The summed E-state index contributed by atoms with van der Waals surface area (Å²) in [5, 5.41) is 7.79. The second-order valence-corrected chi connectivity index (χ2v) is 2.12. The second-order valence-electron chi connectivity index (χ2n) is 2.12. The molecule has 76 valence electrons. The molecule has 0 aromatic rings. The highest BCUT2D eigenvalue weighted by Gasteiger charge is 2.18. The summed E-state index contributed by atoms with van der Waals surface area (Å²) in [7, 11) is 2.41. The molecule has 0 bridgehead atoms. The lowest BCUT2D eigenvalue weighted by atomic mass is 10.4. The number of carbonyl (C=O) groups excluding carboxylic acids is 2. The second kappa shape index (κ2) is 4.21. The van der Waals surface area contributed by atoms with Gasteiger partial charge in [0.05, 0.1) is 20.4 Å². The van der Waals surface area contributed by atoms with Crippen LogP contribution in [0.25, 0.3) is 0 Å². The Morgan fingerprint density at radius 1 is 1.43 bits per heavy atom. The van der Waals surface area contributed by atoms with E-state index in [-0.39, 0.29) is 5.71 Å². The minimum Gasteiger partial charge on any atom is -0.464 e. The average Bonchev–Trinajstić information content (AvgIpc) is 2.27. The van der Waals surface area contributed by atoms with E-state index in [4.69, 9.17) is 0 Å². The van der Waals surface area contributed by atoms with Crippen LogP contribution in [0.15, 0.2) is 10.2 Å². The van der Waals surface area contributed by atoms with Crippen molar-refractivity contribution in [2.75, 3.05) is 14.2 Å². The molecule has 0 aromatic heterocycles. The van der Waals surface area contributed by atoms with Gasteiger partial charge >= 0.3 is 12.1 Å². The Bertz CT molecular complexity index is 311. The van der Waals surface area contributed by atoms with Crippen LogP contribution in [0, 0.1) is 0 Å². The summed E-state index contributed by atoms with van der Waals surface area (Å²) in [5.74, 6) is -0.647. The zero-order valence-corrected chi connectivity index (χ0v) is 7.55. The first-order valence-electron chi connectivity index (χ1n) is 3.52. The van der Waals surface area contributed by atoms with E-state index in [0.29, 0.717) is 0 Å². The Kier molecular flexibility index (Phi) is 3.00. The van der Waals surface area contributed by atoms with Crippen molar-refractivity contribution >= 4 is 24.0 Å². The van der Waals surface area contributed by atoms with Gasteiger partial charge in [-0.2, -0.15) is 10.6 Å². The number of methoxy groups -OCH3 is 2. The standard InChI is InChI=1S/C6H8N4O4/c1-13-5(11)4-3-7-10(9-8-4)6(12)14-2/h3,9H,1-2H3. The van der Waals surface area contributed by atoms with Crippen LogP contribution in [-0.4, -0.2) is 43.3 Å². The van der Waals surface area contributed by atoms with Crippen LogP contribution in [0.4, 0.5) is 4.79 Å². The predicted octanol–water partition coefficient (Wildman–Crippen LogP) is -0.912. The number of carbonyl (C=O) groups is 2. The normalized spacial score (nSPS) is 14.1. The van der Waals surface area contributed by atoms with Crippen LogP contribution in [0.3, 0.4) is 0 Å². The van der Waals surface area contributed by atoms with Gasteiger partial charge < -0.3 is 9.47 Å². The first-order valence-corrected chi connectivity index (χ1v) is 3.52. The summed E-state index contributed by atoms with van der Waals surface area (Å²) in [6.07, 6.45) is 0.341. The Labute approximate surface area is 79.1 Å². The molecule has 0 saturated carbocycles. The Hall–Kier alpha value is -2.12. The third kappa shape index (κ3) is 1.97. The van der Waals surface area contributed by atoms with Gasteiger partial charge in [0.15, 0.2) is 5.71 Å². The molecule has 1 aliphatic rings. The van der Waals surface area contributed by atoms with Gasteiger partial charge in [-0.1, -0.05) is 5.12 Å².